The van der Waals surface area contributed by atoms with Crippen LogP contribution >= 0.6 is 15.9 Å². The lowest BCUT2D eigenvalue weighted by molar-refractivity contribution is -0.138. The molecule has 6 nitrogen and oxygen atoms in total. The van der Waals surface area contributed by atoms with E-state index in [0.717, 1.165) is 28.7 Å². The topological polar surface area (TPSA) is 87.1 Å². The van der Waals surface area contributed by atoms with E-state index in [4.69, 9.17) is 9.84 Å². The molecule has 0 aromatic heterocycles. The molecule has 2 aromatic rings. The van der Waals surface area contributed by atoms with E-state index in [-0.39, 0.29) is 12.7 Å². The summed E-state index contributed by atoms with van der Waals surface area (Å²) in [7, 11) is 0. The summed E-state index contributed by atoms with van der Waals surface area (Å²) in [5.41, 5.74) is 1.50. The van der Waals surface area contributed by atoms with Crippen LogP contribution in [0.1, 0.15) is 61.0 Å². The summed E-state index contributed by atoms with van der Waals surface area (Å²) in [6, 6.07) is 14.2. The summed E-state index contributed by atoms with van der Waals surface area (Å²) in [5, 5.41) is 18.0. The quantitative estimate of drug-likeness (QED) is 0.545. The highest BCUT2D eigenvalue weighted by Crippen LogP contribution is 2.24. The molecular formula is C25H32BrNO5. The van der Waals surface area contributed by atoms with Gasteiger partial charge in [0.1, 0.15) is 5.60 Å². The molecule has 0 spiro atoms. The zero-order valence-corrected chi connectivity index (χ0v) is 20.5. The van der Waals surface area contributed by atoms with Crippen molar-refractivity contribution in [1.29, 1.82) is 0 Å². The molecule has 1 saturated heterocycles. The second-order valence-corrected chi connectivity index (χ2v) is 9.73. The number of likely N-dealkylation sites (tertiary alicyclic amines) is 1. The lowest BCUT2D eigenvalue weighted by Crippen LogP contribution is -2.23. The standard InChI is InChI=1S/C20H21BrO4.C5H11NO/c1-20(2,3)25-19(24)15-6-4-13(5-7-15)12-17(18(22)23)14-8-10-16(21)11-9-14;7-5-6-3-1-2-4-6/h4-11,17H,12H2,1-3H3,(H,22,23);7H,1-5H2/t17-;/m1./s1. The van der Waals surface area contributed by atoms with E-state index < -0.39 is 17.5 Å². The molecule has 3 rings (SSSR count). The van der Waals surface area contributed by atoms with Crippen LogP contribution in [0.2, 0.25) is 0 Å². The monoisotopic (exact) mass is 505 g/mol. The highest BCUT2D eigenvalue weighted by Gasteiger charge is 2.21. The molecule has 0 bridgehead atoms. The molecule has 0 unspecified atom stereocenters. The minimum atomic E-state index is -0.876. The summed E-state index contributed by atoms with van der Waals surface area (Å²) in [4.78, 5) is 25.7. The average molecular weight is 506 g/mol. The molecule has 1 atom stereocenters. The van der Waals surface area contributed by atoms with Crippen molar-refractivity contribution < 1.29 is 24.5 Å². The number of aliphatic hydroxyl groups is 1. The van der Waals surface area contributed by atoms with Gasteiger partial charge in [-0.3, -0.25) is 9.69 Å². The van der Waals surface area contributed by atoms with Crippen molar-refractivity contribution in [1.82, 2.24) is 4.90 Å². The van der Waals surface area contributed by atoms with E-state index in [1.807, 2.05) is 37.8 Å². The van der Waals surface area contributed by atoms with Crippen molar-refractivity contribution in [2.24, 2.45) is 0 Å². The van der Waals surface area contributed by atoms with Gasteiger partial charge in [-0.2, -0.15) is 0 Å². The van der Waals surface area contributed by atoms with Gasteiger partial charge >= 0.3 is 11.9 Å². The number of ether oxygens (including phenoxy) is 1. The largest absolute Gasteiger partial charge is 0.481 e. The third-order valence-electron chi connectivity index (χ3n) is 5.00. The number of carboxylic acid groups (broad SMARTS) is 1. The smallest absolute Gasteiger partial charge is 0.338 e. The first-order valence-electron chi connectivity index (χ1n) is 10.7. The molecule has 0 aliphatic carbocycles. The Morgan fingerprint density at radius 1 is 1.03 bits per heavy atom. The molecule has 2 aromatic carbocycles. The number of hydrogen-bond donors (Lipinski definition) is 2. The number of hydrogen-bond acceptors (Lipinski definition) is 5. The molecule has 0 radical (unpaired) electrons. The summed E-state index contributed by atoms with van der Waals surface area (Å²) in [5.74, 6) is -1.90. The normalized spacial score (nSPS) is 14.9. The molecule has 1 fully saturated rings. The zero-order valence-electron chi connectivity index (χ0n) is 18.9. The van der Waals surface area contributed by atoms with Crippen molar-refractivity contribution in [2.45, 2.75) is 51.6 Å². The van der Waals surface area contributed by atoms with E-state index in [1.165, 1.54) is 12.8 Å². The van der Waals surface area contributed by atoms with Crippen LogP contribution in [0.3, 0.4) is 0 Å². The molecule has 174 valence electrons. The van der Waals surface area contributed by atoms with Crippen molar-refractivity contribution in [3.63, 3.8) is 0 Å². The van der Waals surface area contributed by atoms with Crippen molar-refractivity contribution in [3.05, 3.63) is 69.7 Å². The number of carbonyl (C=O) groups excluding carboxylic acids is 1. The van der Waals surface area contributed by atoms with E-state index in [2.05, 4.69) is 15.9 Å². The van der Waals surface area contributed by atoms with Gasteiger partial charge in [-0.15, -0.1) is 0 Å². The van der Waals surface area contributed by atoms with Crippen LogP contribution in [0, 0.1) is 0 Å². The average Bonchev–Trinajstić information content (AvgIpc) is 3.26. The summed E-state index contributed by atoms with van der Waals surface area (Å²) in [6.45, 7) is 7.88. The highest BCUT2D eigenvalue weighted by molar-refractivity contribution is 9.10. The SMILES string of the molecule is CC(C)(C)OC(=O)c1ccc(C[C@@H](C(=O)O)c2ccc(Br)cc2)cc1.OCN1CCCC1. The second kappa shape index (κ2) is 12.1. The maximum Gasteiger partial charge on any atom is 0.338 e. The maximum absolute atomic E-state index is 12.0. The van der Waals surface area contributed by atoms with Crippen molar-refractivity contribution in [3.8, 4) is 0 Å². The molecule has 7 heteroatoms. The third-order valence-corrected chi connectivity index (χ3v) is 5.53. The van der Waals surface area contributed by atoms with E-state index >= 15 is 0 Å². The number of benzene rings is 2. The lowest BCUT2D eigenvalue weighted by atomic mass is 9.92. The van der Waals surface area contributed by atoms with Gasteiger partial charge in [0.15, 0.2) is 0 Å². The molecule has 0 saturated carbocycles. The van der Waals surface area contributed by atoms with Gasteiger partial charge in [-0.05, 0) is 75.4 Å². The highest BCUT2D eigenvalue weighted by atomic mass is 79.9. The third kappa shape index (κ3) is 8.73. The first-order valence-corrected chi connectivity index (χ1v) is 11.5. The van der Waals surface area contributed by atoms with Crippen LogP contribution in [-0.4, -0.2) is 52.5 Å². The number of rotatable bonds is 6. The molecule has 2 N–H and O–H groups in total. The van der Waals surface area contributed by atoms with Crippen LogP contribution < -0.4 is 0 Å². The predicted molar refractivity (Wildman–Crippen MR) is 128 cm³/mol. The minimum Gasteiger partial charge on any atom is -0.481 e. The maximum atomic E-state index is 12.0. The summed E-state index contributed by atoms with van der Waals surface area (Å²) < 4.78 is 6.23. The van der Waals surface area contributed by atoms with Gasteiger partial charge in [-0.25, -0.2) is 4.79 Å². The molecule has 1 heterocycles. The second-order valence-electron chi connectivity index (χ2n) is 8.81. The molecule has 1 aliphatic heterocycles. The van der Waals surface area contributed by atoms with Gasteiger partial charge in [-0.1, -0.05) is 40.2 Å². The van der Waals surface area contributed by atoms with Gasteiger partial charge < -0.3 is 14.9 Å². The van der Waals surface area contributed by atoms with Gasteiger partial charge in [0.2, 0.25) is 0 Å². The zero-order chi connectivity index (χ0) is 23.7. The Bertz CT molecular complexity index is 869. The lowest BCUT2D eigenvalue weighted by Gasteiger charge is -2.19. The summed E-state index contributed by atoms with van der Waals surface area (Å²) in [6.07, 6.45) is 2.88. The van der Waals surface area contributed by atoms with Crippen molar-refractivity contribution in [2.75, 3.05) is 19.8 Å². The van der Waals surface area contributed by atoms with Crippen LogP contribution in [0.15, 0.2) is 53.0 Å². The molecule has 0 amide bonds. The molecule has 32 heavy (non-hydrogen) atoms. The van der Waals surface area contributed by atoms with E-state index in [9.17, 15) is 14.7 Å². The number of halogens is 1. The fourth-order valence-electron chi connectivity index (χ4n) is 3.32. The Morgan fingerprint density at radius 3 is 2.03 bits per heavy atom. The van der Waals surface area contributed by atoms with E-state index in [1.54, 1.807) is 36.4 Å². The fourth-order valence-corrected chi connectivity index (χ4v) is 3.58. The number of nitrogens with zero attached hydrogens (tertiary/aromatic N) is 1. The number of aliphatic hydroxyl groups excluding tert-OH is 1. The Balaban J connectivity index is 0.000000439. The molecule has 1 aliphatic rings. The number of carbonyl (C=O) groups is 2. The Hall–Kier alpha value is -2.22. The van der Waals surface area contributed by atoms with Crippen LogP contribution in [0.5, 0.6) is 0 Å². The van der Waals surface area contributed by atoms with Crippen LogP contribution in [0.4, 0.5) is 0 Å². The minimum absolute atomic E-state index is 0.250. The predicted octanol–water partition coefficient (Wildman–Crippen LogP) is 4.85. The summed E-state index contributed by atoms with van der Waals surface area (Å²) >= 11 is 3.35. The van der Waals surface area contributed by atoms with Gasteiger partial charge in [0.05, 0.1) is 18.2 Å². The van der Waals surface area contributed by atoms with E-state index in [0.29, 0.717) is 12.0 Å². The Labute approximate surface area is 198 Å². The first-order chi connectivity index (χ1) is 15.1. The number of aliphatic carboxylic acids is 1. The fraction of sp³-hybridized carbons (Fsp3) is 0.440. The Kier molecular flexibility index (Phi) is 9.87. The molecular weight excluding hydrogens is 474 g/mol. The van der Waals surface area contributed by atoms with Crippen molar-refractivity contribution >= 4 is 27.9 Å². The Morgan fingerprint density at radius 2 is 1.59 bits per heavy atom. The van der Waals surface area contributed by atoms with Gasteiger partial charge in [0.25, 0.3) is 0 Å². The van der Waals surface area contributed by atoms with Gasteiger partial charge in [0, 0.05) is 17.6 Å². The van der Waals surface area contributed by atoms with Crippen LogP contribution in [0.25, 0.3) is 0 Å². The number of carboxylic acids is 1. The van der Waals surface area contributed by atoms with Crippen LogP contribution in [-0.2, 0) is 16.0 Å². The first kappa shape index (κ1) is 26.0. The number of esters is 1.